The van der Waals surface area contributed by atoms with Crippen LogP contribution in [0.1, 0.15) is 18.1 Å². The van der Waals surface area contributed by atoms with Crippen molar-refractivity contribution in [2.45, 2.75) is 31.4 Å². The van der Waals surface area contributed by atoms with Crippen LogP contribution in [0.4, 0.5) is 5.82 Å². The minimum atomic E-state index is -3.95. The fourth-order valence-electron chi connectivity index (χ4n) is 6.16. The van der Waals surface area contributed by atoms with E-state index in [1.54, 1.807) is 42.9 Å². The third-order valence-electron chi connectivity index (χ3n) is 8.67. The molecule has 1 aliphatic rings. The molecule has 6 aromatic rings. The smallest absolute Gasteiger partial charge is 0.269 e. The summed E-state index contributed by atoms with van der Waals surface area (Å²) in [4.78, 5) is 14.2. The van der Waals surface area contributed by atoms with Crippen LogP contribution in [-0.2, 0) is 16.6 Å². The Morgan fingerprint density at radius 2 is 1.65 bits per heavy atom. The highest BCUT2D eigenvalue weighted by atomic mass is 35.5. The summed E-state index contributed by atoms with van der Waals surface area (Å²) in [6, 6.07) is 20.4. The molecule has 1 aliphatic heterocycles. The average molecular weight is 682 g/mol. The van der Waals surface area contributed by atoms with Crippen LogP contribution in [-0.4, -0.2) is 81.0 Å². The third kappa shape index (κ3) is 6.59. The predicted molar refractivity (Wildman–Crippen MR) is 189 cm³/mol. The Hall–Kier alpha value is -4.55. The predicted octanol–water partition coefficient (Wildman–Crippen LogP) is 5.71. The first-order valence-corrected chi connectivity index (χ1v) is 17.7. The molecule has 246 valence electrons. The molecule has 2 aromatic carbocycles. The number of hydrogen-bond acceptors (Lipinski definition) is 8. The quantitative estimate of drug-likeness (QED) is 0.207. The Labute approximate surface area is 284 Å². The Kier molecular flexibility index (Phi) is 8.78. The fourth-order valence-corrected chi connectivity index (χ4v) is 7.70. The molecule has 1 saturated heterocycles. The van der Waals surface area contributed by atoms with Crippen molar-refractivity contribution in [2.24, 2.45) is 0 Å². The first-order valence-electron chi connectivity index (χ1n) is 15.9. The van der Waals surface area contributed by atoms with Gasteiger partial charge in [-0.3, -0.25) is 9.58 Å². The van der Waals surface area contributed by atoms with Crippen molar-refractivity contribution in [1.29, 1.82) is 0 Å². The second kappa shape index (κ2) is 13.2. The number of aromatic nitrogens is 5. The Balaban J connectivity index is 1.24. The average Bonchev–Trinajstić information content (AvgIpc) is 3.70. The zero-order chi connectivity index (χ0) is 33.4. The van der Waals surface area contributed by atoms with E-state index in [4.69, 9.17) is 21.6 Å². The van der Waals surface area contributed by atoms with Gasteiger partial charge < -0.3 is 10.0 Å². The molecule has 0 spiro atoms. The Bertz CT molecular complexity index is 2170. The van der Waals surface area contributed by atoms with Gasteiger partial charge in [0.25, 0.3) is 10.0 Å². The number of β-amino-alcohol motifs (C(OH)–C–C–N with tert-alkyl or cyclic N) is 1. The molecule has 1 unspecified atom stereocenters. The molecule has 4 aromatic heterocycles. The van der Waals surface area contributed by atoms with Crippen LogP contribution in [0.15, 0.2) is 103 Å². The van der Waals surface area contributed by atoms with Gasteiger partial charge in [-0.05, 0) is 61.9 Å². The molecule has 5 heterocycles. The van der Waals surface area contributed by atoms with Crippen LogP contribution in [0.3, 0.4) is 0 Å². The second-order valence-corrected chi connectivity index (χ2v) is 14.6. The topological polar surface area (TPSA) is 109 Å². The highest BCUT2D eigenvalue weighted by Gasteiger charge is 2.24. The van der Waals surface area contributed by atoms with Crippen molar-refractivity contribution in [1.82, 2.24) is 28.6 Å². The summed E-state index contributed by atoms with van der Waals surface area (Å²) in [7, 11) is -3.95. The number of piperazine rings is 1. The minimum Gasteiger partial charge on any atom is -0.392 e. The van der Waals surface area contributed by atoms with E-state index in [0.29, 0.717) is 34.7 Å². The molecular weight excluding hydrogens is 646 g/mol. The van der Waals surface area contributed by atoms with Gasteiger partial charge in [-0.2, -0.15) is 5.10 Å². The van der Waals surface area contributed by atoms with Crippen molar-refractivity contribution < 1.29 is 13.5 Å². The van der Waals surface area contributed by atoms with E-state index >= 15 is 0 Å². The number of aryl methyl sites for hydroxylation is 1. The van der Waals surface area contributed by atoms with Crippen molar-refractivity contribution in [3.05, 3.63) is 114 Å². The van der Waals surface area contributed by atoms with Gasteiger partial charge in [0.05, 0.1) is 23.7 Å². The lowest BCUT2D eigenvalue weighted by Crippen LogP contribution is -2.48. The lowest BCUT2D eigenvalue weighted by Gasteiger charge is -2.35. The normalized spacial score (nSPS) is 14.9. The van der Waals surface area contributed by atoms with Gasteiger partial charge in [0, 0.05) is 90.2 Å². The molecule has 1 atom stereocenters. The first-order chi connectivity index (χ1) is 23.1. The van der Waals surface area contributed by atoms with Crippen molar-refractivity contribution in [3.8, 4) is 22.3 Å². The van der Waals surface area contributed by atoms with E-state index < -0.39 is 10.0 Å². The lowest BCUT2D eigenvalue weighted by molar-refractivity contribution is 0.122. The minimum absolute atomic E-state index is 0.186. The fraction of sp³-hybridized carbons (Fsp3) is 0.250. The summed E-state index contributed by atoms with van der Waals surface area (Å²) in [5, 5.41) is 15.6. The van der Waals surface area contributed by atoms with Gasteiger partial charge in [-0.1, -0.05) is 41.4 Å². The van der Waals surface area contributed by atoms with Crippen molar-refractivity contribution in [2.75, 3.05) is 37.6 Å². The zero-order valence-corrected chi connectivity index (χ0v) is 28.3. The molecule has 7 rings (SSSR count). The van der Waals surface area contributed by atoms with E-state index in [2.05, 4.69) is 14.9 Å². The van der Waals surface area contributed by atoms with Gasteiger partial charge in [-0.15, -0.1) is 0 Å². The molecule has 0 radical (unpaired) electrons. The van der Waals surface area contributed by atoms with Crippen molar-refractivity contribution >= 4 is 38.5 Å². The molecule has 10 nitrogen and oxygen atoms in total. The summed E-state index contributed by atoms with van der Waals surface area (Å²) < 4.78 is 31.0. The molecule has 1 fully saturated rings. The first kappa shape index (κ1) is 32.0. The van der Waals surface area contributed by atoms with Gasteiger partial charge in [-0.25, -0.2) is 22.4 Å². The van der Waals surface area contributed by atoms with E-state index in [-0.39, 0.29) is 11.0 Å². The number of aliphatic hydroxyl groups is 1. The van der Waals surface area contributed by atoms with Crippen LogP contribution in [0, 0.1) is 6.92 Å². The van der Waals surface area contributed by atoms with Gasteiger partial charge in [0.2, 0.25) is 0 Å². The monoisotopic (exact) mass is 681 g/mol. The van der Waals surface area contributed by atoms with E-state index in [0.717, 1.165) is 59.8 Å². The van der Waals surface area contributed by atoms with Crippen LogP contribution in [0.5, 0.6) is 0 Å². The Morgan fingerprint density at radius 3 is 2.35 bits per heavy atom. The molecule has 12 heteroatoms. The largest absolute Gasteiger partial charge is 0.392 e. The molecule has 0 bridgehead atoms. The molecule has 0 saturated carbocycles. The number of nitrogens with zero attached hydrogens (tertiary/aromatic N) is 7. The number of benzene rings is 2. The number of rotatable bonds is 9. The van der Waals surface area contributed by atoms with E-state index in [1.807, 2.05) is 73.4 Å². The molecule has 0 amide bonds. The summed E-state index contributed by atoms with van der Waals surface area (Å²) in [6.07, 6.45) is 8.47. The van der Waals surface area contributed by atoms with E-state index in [1.165, 1.54) is 3.97 Å². The summed E-state index contributed by atoms with van der Waals surface area (Å²) in [5.74, 6) is 0.896. The van der Waals surface area contributed by atoms with E-state index in [9.17, 15) is 13.5 Å². The SMILES string of the molecule is Cc1ccc(S(=O)(=O)n2cc(-c3cnn(Cc4cccc(Cl)c4)c3)c3cc(-c4ccc(N5CCN(CC(C)O)CC5)nc4)cnc32)cc1. The maximum atomic E-state index is 14.0. The van der Waals surface area contributed by atoms with Crippen LogP contribution in [0.2, 0.25) is 5.02 Å². The summed E-state index contributed by atoms with van der Waals surface area (Å²) in [6.45, 7) is 8.34. The lowest BCUT2D eigenvalue weighted by atomic mass is 10.1. The molecule has 48 heavy (non-hydrogen) atoms. The standard InChI is InChI=1S/C36H36ClN7O3S/c1-25-6-9-32(10-7-25)48(46,47)44-24-34(30-20-40-43(23-30)22-27-4-3-5-31(37)16-27)33-17-29(19-39-36(33)44)28-8-11-35(38-18-28)42-14-12-41(13-15-42)21-26(2)45/h3-11,16-20,23-24,26,45H,12-15,21-22H2,1-2H3. The molecular formula is C36H36ClN7O3S. The Morgan fingerprint density at radius 1 is 0.875 bits per heavy atom. The number of hydrogen-bond donors (Lipinski definition) is 1. The molecule has 0 aliphatic carbocycles. The number of pyridine rings is 2. The number of anilines is 1. The van der Waals surface area contributed by atoms with Crippen molar-refractivity contribution in [3.63, 3.8) is 0 Å². The van der Waals surface area contributed by atoms with Gasteiger partial charge >= 0.3 is 0 Å². The van der Waals surface area contributed by atoms with Gasteiger partial charge in [0.1, 0.15) is 5.82 Å². The number of aliphatic hydroxyl groups excluding tert-OH is 1. The summed E-state index contributed by atoms with van der Waals surface area (Å²) >= 11 is 6.20. The maximum absolute atomic E-state index is 14.0. The maximum Gasteiger partial charge on any atom is 0.269 e. The number of fused-ring (bicyclic) bond motifs is 1. The third-order valence-corrected chi connectivity index (χ3v) is 10.6. The highest BCUT2D eigenvalue weighted by Crippen LogP contribution is 2.35. The van der Waals surface area contributed by atoms with Gasteiger partial charge in [0.15, 0.2) is 5.65 Å². The van der Waals surface area contributed by atoms with Crippen LogP contribution < -0.4 is 4.90 Å². The highest BCUT2D eigenvalue weighted by molar-refractivity contribution is 7.90. The number of halogens is 1. The summed E-state index contributed by atoms with van der Waals surface area (Å²) in [5.41, 5.74) is 5.47. The molecule has 1 N–H and O–H groups in total. The second-order valence-electron chi connectivity index (χ2n) is 12.4. The zero-order valence-electron chi connectivity index (χ0n) is 26.7. The van der Waals surface area contributed by atoms with Crippen LogP contribution >= 0.6 is 11.6 Å². The van der Waals surface area contributed by atoms with Crippen LogP contribution in [0.25, 0.3) is 33.3 Å².